The summed E-state index contributed by atoms with van der Waals surface area (Å²) >= 11 is 0. The zero-order chi connectivity index (χ0) is 16.5. The lowest BCUT2D eigenvalue weighted by molar-refractivity contribution is -0.123. The summed E-state index contributed by atoms with van der Waals surface area (Å²) in [6.07, 6.45) is 0.613. The molecule has 0 saturated heterocycles. The van der Waals surface area contributed by atoms with Crippen LogP contribution in [0.15, 0.2) is 0 Å². The van der Waals surface area contributed by atoms with Crippen LogP contribution in [0.1, 0.15) is 60.8 Å². The van der Waals surface area contributed by atoms with Crippen molar-refractivity contribution in [2.75, 3.05) is 0 Å². The Hall–Kier alpha value is -1.59. The first-order valence-electron chi connectivity index (χ1n) is 7.13. The van der Waals surface area contributed by atoms with E-state index in [0.29, 0.717) is 19.1 Å². The third-order valence-electron chi connectivity index (χ3n) is 3.04. The Balaban J connectivity index is 3.03. The summed E-state index contributed by atoms with van der Waals surface area (Å²) in [5, 5.41) is 0. The molecule has 0 radical (unpaired) electrons. The van der Waals surface area contributed by atoms with Crippen LogP contribution in [0.25, 0.3) is 0 Å². The first-order valence-corrected chi connectivity index (χ1v) is 7.13. The summed E-state index contributed by atoms with van der Waals surface area (Å²) in [4.78, 5) is 36.9. The topological polar surface area (TPSA) is 72.9 Å². The van der Waals surface area contributed by atoms with E-state index >= 15 is 0 Å². The summed E-state index contributed by atoms with van der Waals surface area (Å²) in [5.74, 6) is 0. The molecule has 0 aliphatic heterocycles. The van der Waals surface area contributed by atoms with Crippen LogP contribution in [-0.2, 0) is 14.3 Å². The van der Waals surface area contributed by atoms with Gasteiger partial charge in [0.25, 0.3) is 0 Å². The molecule has 0 unspecified atom stereocenters. The lowest BCUT2D eigenvalue weighted by atomic mass is 9.77. The summed E-state index contributed by atoms with van der Waals surface area (Å²) < 4.78 is 10.5. The Morgan fingerprint density at radius 2 is 1.33 bits per heavy atom. The highest BCUT2D eigenvalue weighted by molar-refractivity contribution is 5.93. The van der Waals surface area contributed by atoms with Gasteiger partial charge in [-0.2, -0.15) is 4.90 Å². The predicted molar refractivity (Wildman–Crippen MR) is 77.0 cm³/mol. The highest BCUT2D eigenvalue weighted by Crippen LogP contribution is 2.37. The second kappa shape index (κ2) is 5.66. The van der Waals surface area contributed by atoms with Crippen molar-refractivity contribution in [2.45, 2.75) is 77.5 Å². The molecule has 0 atom stereocenters. The highest BCUT2D eigenvalue weighted by atomic mass is 16.6. The minimum absolute atomic E-state index is 0.439. The molecule has 1 aliphatic carbocycles. The maximum absolute atomic E-state index is 12.3. The van der Waals surface area contributed by atoms with E-state index in [0.717, 1.165) is 11.3 Å². The average molecular weight is 299 g/mol. The second-order valence-electron chi connectivity index (χ2n) is 7.37. The minimum atomic E-state index is -1.13. The fraction of sp³-hybridized carbons (Fsp3) is 0.800. The van der Waals surface area contributed by atoms with Crippen molar-refractivity contribution in [1.29, 1.82) is 0 Å². The van der Waals surface area contributed by atoms with Gasteiger partial charge >= 0.3 is 12.2 Å². The molecule has 0 aromatic rings. The van der Waals surface area contributed by atoms with Crippen LogP contribution in [0.2, 0.25) is 0 Å². The van der Waals surface area contributed by atoms with Gasteiger partial charge in [0.1, 0.15) is 23.0 Å². The quantitative estimate of drug-likeness (QED) is 0.732. The fourth-order valence-corrected chi connectivity index (χ4v) is 1.99. The zero-order valence-electron chi connectivity index (χ0n) is 13.7. The van der Waals surface area contributed by atoms with Gasteiger partial charge in [0.05, 0.1) is 0 Å². The molecule has 0 heterocycles. The van der Waals surface area contributed by atoms with Crippen LogP contribution < -0.4 is 0 Å². The van der Waals surface area contributed by atoms with Crippen molar-refractivity contribution in [3.63, 3.8) is 0 Å². The number of carbonyl (C=O) groups is 3. The van der Waals surface area contributed by atoms with Crippen molar-refractivity contribution in [1.82, 2.24) is 4.90 Å². The molecule has 1 aliphatic rings. The van der Waals surface area contributed by atoms with Gasteiger partial charge in [-0.3, -0.25) is 0 Å². The Morgan fingerprint density at radius 1 is 0.952 bits per heavy atom. The van der Waals surface area contributed by atoms with Gasteiger partial charge < -0.3 is 14.3 Å². The van der Waals surface area contributed by atoms with Crippen molar-refractivity contribution in [3.05, 3.63) is 0 Å². The Morgan fingerprint density at radius 3 is 1.52 bits per heavy atom. The lowest BCUT2D eigenvalue weighted by Gasteiger charge is -2.44. The third kappa shape index (κ3) is 4.44. The molecule has 21 heavy (non-hydrogen) atoms. The molecular weight excluding hydrogens is 274 g/mol. The van der Waals surface area contributed by atoms with E-state index in [1.165, 1.54) is 0 Å². The number of amides is 2. The molecule has 0 spiro atoms. The number of hydrogen-bond donors (Lipinski definition) is 0. The second-order valence-corrected chi connectivity index (χ2v) is 7.37. The molecule has 120 valence electrons. The molecule has 0 N–H and O–H groups in total. The summed E-state index contributed by atoms with van der Waals surface area (Å²) in [7, 11) is 0. The van der Waals surface area contributed by atoms with Crippen LogP contribution in [0, 0.1) is 0 Å². The number of ether oxygens (including phenoxy) is 2. The van der Waals surface area contributed by atoms with Gasteiger partial charge in [-0.25, -0.2) is 9.59 Å². The Kier molecular flexibility index (Phi) is 4.70. The van der Waals surface area contributed by atoms with Gasteiger partial charge in [-0.15, -0.1) is 0 Å². The van der Waals surface area contributed by atoms with Gasteiger partial charge in [-0.1, -0.05) is 0 Å². The van der Waals surface area contributed by atoms with E-state index in [-0.39, 0.29) is 0 Å². The van der Waals surface area contributed by atoms with Crippen molar-refractivity contribution < 1.29 is 23.9 Å². The zero-order valence-corrected chi connectivity index (χ0v) is 13.7. The number of imide groups is 1. The average Bonchev–Trinajstić information content (AvgIpc) is 2.17. The van der Waals surface area contributed by atoms with Crippen LogP contribution in [-0.4, -0.2) is 40.1 Å². The normalized spacial score (nSPS) is 17.4. The molecule has 6 nitrogen and oxygen atoms in total. The molecule has 1 rings (SSSR count). The van der Waals surface area contributed by atoms with Crippen molar-refractivity contribution in [3.8, 4) is 0 Å². The first kappa shape index (κ1) is 17.5. The predicted octanol–water partition coefficient (Wildman–Crippen LogP) is 3.28. The van der Waals surface area contributed by atoms with Crippen molar-refractivity contribution >= 4 is 18.5 Å². The van der Waals surface area contributed by atoms with E-state index < -0.39 is 28.9 Å². The molecule has 0 aromatic heterocycles. The maximum atomic E-state index is 12.3. The van der Waals surface area contributed by atoms with Crippen LogP contribution in [0.5, 0.6) is 0 Å². The Labute approximate surface area is 125 Å². The summed E-state index contributed by atoms with van der Waals surface area (Å²) in [6.45, 7) is 10.2. The van der Waals surface area contributed by atoms with E-state index in [1.807, 2.05) is 0 Å². The highest BCUT2D eigenvalue weighted by Gasteiger charge is 2.51. The minimum Gasteiger partial charge on any atom is -0.443 e. The SMILES string of the molecule is CC(C)(C)OC(=O)N(C(=O)OC(C)(C)C)C1(C=O)CCC1. The maximum Gasteiger partial charge on any atom is 0.420 e. The molecule has 0 bridgehead atoms. The molecular formula is C15H25NO5. The van der Waals surface area contributed by atoms with E-state index in [9.17, 15) is 14.4 Å². The number of nitrogens with zero attached hydrogens (tertiary/aromatic N) is 1. The van der Waals surface area contributed by atoms with E-state index in [1.54, 1.807) is 41.5 Å². The smallest absolute Gasteiger partial charge is 0.420 e. The van der Waals surface area contributed by atoms with Crippen LogP contribution in [0.4, 0.5) is 9.59 Å². The van der Waals surface area contributed by atoms with Gasteiger partial charge in [-0.05, 0) is 60.8 Å². The van der Waals surface area contributed by atoms with Gasteiger partial charge in [0.15, 0.2) is 0 Å². The largest absolute Gasteiger partial charge is 0.443 e. The van der Waals surface area contributed by atoms with Crippen molar-refractivity contribution in [2.24, 2.45) is 0 Å². The van der Waals surface area contributed by atoms with Crippen LogP contribution >= 0.6 is 0 Å². The first-order chi connectivity index (χ1) is 9.40. The molecule has 1 saturated carbocycles. The summed E-state index contributed by atoms with van der Waals surface area (Å²) in [6, 6.07) is 0. The van der Waals surface area contributed by atoms with Gasteiger partial charge in [0, 0.05) is 0 Å². The van der Waals surface area contributed by atoms with Gasteiger partial charge in [0.2, 0.25) is 0 Å². The molecule has 0 aromatic carbocycles. The fourth-order valence-electron chi connectivity index (χ4n) is 1.99. The monoisotopic (exact) mass is 299 g/mol. The Bertz CT molecular complexity index is 398. The molecule has 1 fully saturated rings. The lowest BCUT2D eigenvalue weighted by Crippen LogP contribution is -2.61. The molecule has 6 heteroatoms. The summed E-state index contributed by atoms with van der Waals surface area (Å²) in [5.41, 5.74) is -2.65. The molecule has 2 amide bonds. The van der Waals surface area contributed by atoms with E-state index in [2.05, 4.69) is 0 Å². The van der Waals surface area contributed by atoms with Crippen LogP contribution in [0.3, 0.4) is 0 Å². The third-order valence-corrected chi connectivity index (χ3v) is 3.04. The number of carbonyl (C=O) groups excluding carboxylic acids is 3. The number of aldehydes is 1. The van der Waals surface area contributed by atoms with E-state index in [4.69, 9.17) is 9.47 Å². The standard InChI is InChI=1S/C15H25NO5/c1-13(2,3)20-11(18)16(12(19)21-14(4,5)6)15(10-17)8-7-9-15/h10H,7-9H2,1-6H3. The number of rotatable bonds is 2. The number of hydrogen-bond acceptors (Lipinski definition) is 5.